The van der Waals surface area contributed by atoms with Crippen LogP contribution in [0, 0.1) is 13.8 Å². The summed E-state index contributed by atoms with van der Waals surface area (Å²) < 4.78 is 17.5. The van der Waals surface area contributed by atoms with Crippen molar-refractivity contribution >= 4 is 22.4 Å². The Morgan fingerprint density at radius 3 is 2.54 bits per heavy atom. The Labute approximate surface area is 244 Å². The SMILES string of the molecule is COC(=O)c1ccc(-c2csc(N3[C@@H]4CC[C@H]3C[C@@H](OCc3c(-c5ccccc5C)noc3C3CC3)C4)n2)cc1C. The van der Waals surface area contributed by atoms with Gasteiger partial charge < -0.3 is 18.9 Å². The van der Waals surface area contributed by atoms with E-state index in [9.17, 15) is 4.79 Å². The molecule has 2 aromatic heterocycles. The molecule has 4 heterocycles. The molecule has 3 fully saturated rings. The molecule has 0 N–H and O–H groups in total. The van der Waals surface area contributed by atoms with Gasteiger partial charge in [-0.3, -0.25) is 0 Å². The number of carbonyl (C=O) groups excluding carboxylic acids is 1. The molecule has 3 atom stereocenters. The van der Waals surface area contributed by atoms with Crippen molar-refractivity contribution < 1.29 is 18.8 Å². The van der Waals surface area contributed by atoms with Crippen LogP contribution in [-0.2, 0) is 16.1 Å². The number of carbonyl (C=O) groups is 1. The van der Waals surface area contributed by atoms with Crippen LogP contribution in [-0.4, -0.2) is 41.4 Å². The quantitative estimate of drug-likeness (QED) is 0.204. The maximum Gasteiger partial charge on any atom is 0.338 e. The van der Waals surface area contributed by atoms with Crippen molar-refractivity contribution in [3.05, 3.63) is 75.9 Å². The number of thiazole rings is 1. The average molecular weight is 570 g/mol. The molecule has 2 bridgehead atoms. The standard InChI is InChI=1S/C33H35N3O4S/c1-19-6-4-5-7-26(19)30-28(31(40-35-30)21-8-9-21)17-39-25-15-23-11-12-24(16-25)36(23)33-34-29(18-41-33)22-10-13-27(20(2)14-22)32(37)38-3/h4-7,10,13-14,18,21,23-25H,8-9,11-12,15-17H2,1-3H3/t23-,24+,25+. The number of fused-ring (bicyclic) bond motifs is 2. The lowest BCUT2D eigenvalue weighted by molar-refractivity contribution is 0.0147. The Morgan fingerprint density at radius 2 is 1.83 bits per heavy atom. The van der Waals surface area contributed by atoms with Gasteiger partial charge in [-0.15, -0.1) is 11.3 Å². The van der Waals surface area contributed by atoms with Gasteiger partial charge in [-0.25, -0.2) is 9.78 Å². The number of aromatic nitrogens is 2. The number of nitrogens with zero attached hydrogens (tertiary/aromatic N) is 3. The first-order chi connectivity index (χ1) is 20.0. The van der Waals surface area contributed by atoms with Crippen molar-refractivity contribution in [3.63, 3.8) is 0 Å². The zero-order valence-electron chi connectivity index (χ0n) is 23.8. The highest BCUT2D eigenvalue weighted by Crippen LogP contribution is 2.46. The lowest BCUT2D eigenvalue weighted by Gasteiger charge is -2.38. The Hall–Kier alpha value is -3.49. The Balaban J connectivity index is 1.05. The summed E-state index contributed by atoms with van der Waals surface area (Å²) in [4.78, 5) is 19.6. The molecule has 0 unspecified atom stereocenters. The van der Waals surface area contributed by atoms with E-state index in [4.69, 9.17) is 19.0 Å². The monoisotopic (exact) mass is 569 g/mol. The molecule has 4 aromatic rings. The second-order valence-electron chi connectivity index (χ2n) is 11.7. The normalized spacial score (nSPS) is 21.8. The summed E-state index contributed by atoms with van der Waals surface area (Å²) in [6.07, 6.45) is 6.89. The number of piperidine rings is 1. The van der Waals surface area contributed by atoms with Gasteiger partial charge >= 0.3 is 5.97 Å². The number of benzene rings is 2. The smallest absolute Gasteiger partial charge is 0.338 e. The van der Waals surface area contributed by atoms with Gasteiger partial charge in [-0.1, -0.05) is 35.5 Å². The number of hydrogen-bond donors (Lipinski definition) is 0. The molecule has 2 saturated heterocycles. The number of anilines is 1. The fraction of sp³-hybridized carbons (Fsp3) is 0.424. The van der Waals surface area contributed by atoms with Gasteiger partial charge in [0.2, 0.25) is 0 Å². The van der Waals surface area contributed by atoms with Crippen LogP contribution in [0.2, 0.25) is 0 Å². The van der Waals surface area contributed by atoms with E-state index in [0.29, 0.717) is 30.2 Å². The average Bonchev–Trinajstić information content (AvgIpc) is 3.44. The predicted octanol–water partition coefficient (Wildman–Crippen LogP) is 7.46. The first-order valence-electron chi connectivity index (χ1n) is 14.6. The van der Waals surface area contributed by atoms with Crippen molar-refractivity contribution in [2.24, 2.45) is 0 Å². The molecular formula is C33H35N3O4S. The van der Waals surface area contributed by atoms with Crippen LogP contribution in [0.4, 0.5) is 5.13 Å². The zero-order valence-corrected chi connectivity index (χ0v) is 24.6. The highest BCUT2D eigenvalue weighted by Gasteiger charge is 2.43. The molecule has 0 amide bonds. The number of rotatable bonds is 8. The van der Waals surface area contributed by atoms with Crippen LogP contribution >= 0.6 is 11.3 Å². The third-order valence-electron chi connectivity index (χ3n) is 8.96. The largest absolute Gasteiger partial charge is 0.465 e. The van der Waals surface area contributed by atoms with Gasteiger partial charge in [0.05, 0.1) is 31.1 Å². The summed E-state index contributed by atoms with van der Waals surface area (Å²) in [7, 11) is 1.41. The molecule has 1 saturated carbocycles. The topological polar surface area (TPSA) is 77.7 Å². The van der Waals surface area contributed by atoms with Crippen molar-refractivity contribution in [2.45, 2.75) is 83.1 Å². The van der Waals surface area contributed by atoms with Gasteiger partial charge in [0.25, 0.3) is 0 Å². The summed E-state index contributed by atoms with van der Waals surface area (Å²) >= 11 is 1.71. The Morgan fingerprint density at radius 1 is 1.05 bits per heavy atom. The lowest BCUT2D eigenvalue weighted by atomic mass is 9.99. The number of aryl methyl sites for hydroxylation is 2. The number of ether oxygens (including phenoxy) is 2. The summed E-state index contributed by atoms with van der Waals surface area (Å²) in [6.45, 7) is 4.61. The van der Waals surface area contributed by atoms with Crippen LogP contribution in [0.3, 0.4) is 0 Å². The van der Waals surface area contributed by atoms with E-state index in [2.05, 4.69) is 46.6 Å². The second-order valence-corrected chi connectivity index (χ2v) is 12.5. The van der Waals surface area contributed by atoms with Crippen LogP contribution in [0.5, 0.6) is 0 Å². The summed E-state index contributed by atoms with van der Waals surface area (Å²) in [6, 6.07) is 15.1. The molecule has 0 spiro atoms. The molecule has 7 nitrogen and oxygen atoms in total. The van der Waals surface area contributed by atoms with E-state index in [0.717, 1.165) is 57.4 Å². The molecule has 7 rings (SSSR count). The molecule has 2 aromatic carbocycles. The Bertz CT molecular complexity index is 1570. The van der Waals surface area contributed by atoms with E-state index in [1.54, 1.807) is 11.3 Å². The van der Waals surface area contributed by atoms with Crippen molar-refractivity contribution in [1.29, 1.82) is 0 Å². The van der Waals surface area contributed by atoms with Crippen molar-refractivity contribution in [2.75, 3.05) is 12.0 Å². The van der Waals surface area contributed by atoms with Crippen molar-refractivity contribution in [3.8, 4) is 22.5 Å². The molecule has 41 heavy (non-hydrogen) atoms. The summed E-state index contributed by atoms with van der Waals surface area (Å²) in [5.41, 5.74) is 7.86. The highest BCUT2D eigenvalue weighted by molar-refractivity contribution is 7.14. The second kappa shape index (κ2) is 10.7. The molecule has 8 heteroatoms. The summed E-state index contributed by atoms with van der Waals surface area (Å²) in [5.74, 6) is 1.19. The van der Waals surface area contributed by atoms with E-state index in [-0.39, 0.29) is 12.1 Å². The molecule has 1 aliphatic carbocycles. The van der Waals surface area contributed by atoms with Crippen LogP contribution in [0.15, 0.2) is 52.4 Å². The molecule has 212 valence electrons. The third-order valence-corrected chi connectivity index (χ3v) is 9.81. The first kappa shape index (κ1) is 26.4. The lowest BCUT2D eigenvalue weighted by Crippen LogP contribution is -2.45. The van der Waals surface area contributed by atoms with Crippen LogP contribution in [0.1, 0.15) is 77.3 Å². The van der Waals surface area contributed by atoms with E-state index in [1.807, 2.05) is 25.1 Å². The maximum absolute atomic E-state index is 12.0. The number of esters is 1. The molecule has 2 aliphatic heterocycles. The highest BCUT2D eigenvalue weighted by atomic mass is 32.1. The predicted molar refractivity (Wildman–Crippen MR) is 159 cm³/mol. The first-order valence-corrected chi connectivity index (χ1v) is 15.5. The minimum absolute atomic E-state index is 0.211. The fourth-order valence-electron chi connectivity index (χ4n) is 6.63. The van der Waals surface area contributed by atoms with Gasteiger partial charge in [0.15, 0.2) is 5.13 Å². The maximum atomic E-state index is 12.0. The number of hydrogen-bond acceptors (Lipinski definition) is 8. The van der Waals surface area contributed by atoms with Gasteiger partial charge in [-0.2, -0.15) is 0 Å². The van der Waals surface area contributed by atoms with Gasteiger partial charge in [0, 0.05) is 40.1 Å². The zero-order chi connectivity index (χ0) is 28.1. The Kier molecular flexibility index (Phi) is 6.91. The summed E-state index contributed by atoms with van der Waals surface area (Å²) in [5, 5.41) is 7.73. The minimum Gasteiger partial charge on any atom is -0.465 e. The molecule has 0 radical (unpaired) electrons. The minimum atomic E-state index is -0.311. The van der Waals surface area contributed by atoms with Crippen molar-refractivity contribution in [1.82, 2.24) is 10.1 Å². The molecule has 3 aliphatic rings. The molecular weight excluding hydrogens is 534 g/mol. The van der Waals surface area contributed by atoms with E-state index < -0.39 is 0 Å². The van der Waals surface area contributed by atoms with E-state index in [1.165, 1.54) is 38.4 Å². The number of methoxy groups -OCH3 is 1. The van der Waals surface area contributed by atoms with E-state index >= 15 is 0 Å². The van der Waals surface area contributed by atoms with Gasteiger partial charge in [0.1, 0.15) is 11.5 Å². The van der Waals surface area contributed by atoms with Crippen LogP contribution in [0.25, 0.3) is 22.5 Å². The third kappa shape index (κ3) is 4.97. The fourth-order valence-corrected chi connectivity index (χ4v) is 7.61. The van der Waals surface area contributed by atoms with Gasteiger partial charge in [-0.05, 0) is 75.6 Å². The van der Waals surface area contributed by atoms with Crippen LogP contribution < -0.4 is 4.90 Å².